The van der Waals surface area contributed by atoms with Crippen LogP contribution < -0.4 is 9.80 Å². The van der Waals surface area contributed by atoms with Crippen LogP contribution in [0.5, 0.6) is 0 Å². The molecule has 8 nitrogen and oxygen atoms in total. The first-order chi connectivity index (χ1) is 10.9. The molecule has 2 heterocycles. The van der Waals surface area contributed by atoms with Crippen LogP contribution in [0.4, 0.5) is 11.4 Å². The zero-order valence-electron chi connectivity index (χ0n) is 11.7. The molecule has 0 aliphatic carbocycles. The lowest BCUT2D eigenvalue weighted by Crippen LogP contribution is -2.36. The number of hydrogen-bond acceptors (Lipinski definition) is 5. The summed E-state index contributed by atoms with van der Waals surface area (Å²) in [6.45, 7) is 0. The Morgan fingerprint density at radius 2 is 1.48 bits per heavy atom. The summed E-state index contributed by atoms with van der Waals surface area (Å²) in [6.07, 6.45) is 1.99. The molecule has 0 spiro atoms. The van der Waals surface area contributed by atoms with Crippen LogP contribution in [0.15, 0.2) is 30.4 Å². The molecule has 0 atom stereocenters. The quantitative estimate of drug-likeness (QED) is 0.811. The third-order valence-corrected chi connectivity index (χ3v) is 3.57. The van der Waals surface area contributed by atoms with Crippen molar-refractivity contribution in [1.82, 2.24) is 0 Å². The van der Waals surface area contributed by atoms with Gasteiger partial charge in [-0.2, -0.15) is 0 Å². The summed E-state index contributed by atoms with van der Waals surface area (Å²) in [5.74, 6) is -3.86. The first-order valence-corrected chi connectivity index (χ1v) is 6.70. The van der Waals surface area contributed by atoms with Crippen LogP contribution in [-0.2, 0) is 19.2 Å². The molecule has 0 radical (unpaired) electrons. The van der Waals surface area contributed by atoms with Crippen molar-refractivity contribution in [1.29, 1.82) is 0 Å². The number of para-hydroxylation sites is 1. The summed E-state index contributed by atoms with van der Waals surface area (Å²) in [4.78, 5) is 60.7. The van der Waals surface area contributed by atoms with Gasteiger partial charge in [0, 0.05) is 25.0 Å². The Morgan fingerprint density at radius 1 is 0.913 bits per heavy atom. The second-order valence-corrected chi connectivity index (χ2v) is 4.95. The Bertz CT molecular complexity index is 776. The lowest BCUT2D eigenvalue weighted by atomic mass is 10.1. The molecule has 1 aromatic carbocycles. The predicted octanol–water partition coefficient (Wildman–Crippen LogP) is 0.468. The van der Waals surface area contributed by atoms with Gasteiger partial charge >= 0.3 is 5.97 Å². The van der Waals surface area contributed by atoms with Crippen molar-refractivity contribution in [2.45, 2.75) is 12.8 Å². The lowest BCUT2D eigenvalue weighted by Gasteiger charge is -2.24. The SMILES string of the molecule is O=C(O)c1cccc(N2C(=O)CCC2=O)c1N1C(=O)C=CC1=O. The van der Waals surface area contributed by atoms with E-state index in [1.807, 2.05) is 0 Å². The van der Waals surface area contributed by atoms with Crippen LogP contribution in [0.25, 0.3) is 0 Å². The number of carboxylic acid groups (broad SMARTS) is 1. The van der Waals surface area contributed by atoms with E-state index in [1.165, 1.54) is 18.2 Å². The Labute approximate surface area is 129 Å². The number of nitrogens with zero attached hydrogens (tertiary/aromatic N) is 2. The summed E-state index contributed by atoms with van der Waals surface area (Å²) in [7, 11) is 0. The van der Waals surface area contributed by atoms with Crippen LogP contribution in [0.3, 0.4) is 0 Å². The highest BCUT2D eigenvalue weighted by atomic mass is 16.4. The molecule has 8 heteroatoms. The summed E-state index contributed by atoms with van der Waals surface area (Å²) >= 11 is 0. The molecule has 1 N–H and O–H groups in total. The summed E-state index contributed by atoms with van der Waals surface area (Å²) in [6, 6.07) is 3.88. The molecular weight excluding hydrogens is 304 g/mol. The van der Waals surface area contributed by atoms with E-state index in [4.69, 9.17) is 0 Å². The van der Waals surface area contributed by atoms with E-state index in [9.17, 15) is 29.1 Å². The zero-order valence-corrected chi connectivity index (χ0v) is 11.7. The highest BCUT2D eigenvalue weighted by molar-refractivity contribution is 6.32. The second kappa shape index (κ2) is 5.16. The number of carboxylic acids is 1. The fraction of sp³-hybridized carbons (Fsp3) is 0.133. The standard InChI is InChI=1S/C15H10N2O6/c18-10-4-5-11(19)16(10)9-3-1-2-8(15(22)23)14(9)17-12(20)6-7-13(17)21/h1-3,6-7H,4-5H2,(H,22,23). The van der Waals surface area contributed by atoms with E-state index in [0.29, 0.717) is 4.90 Å². The second-order valence-electron chi connectivity index (χ2n) is 4.95. The number of rotatable bonds is 3. The van der Waals surface area contributed by atoms with Gasteiger partial charge in [-0.25, -0.2) is 14.6 Å². The van der Waals surface area contributed by atoms with Crippen molar-refractivity contribution in [2.24, 2.45) is 0 Å². The highest BCUT2D eigenvalue weighted by Gasteiger charge is 2.38. The Kier molecular flexibility index (Phi) is 3.29. The van der Waals surface area contributed by atoms with Crippen LogP contribution in [0.2, 0.25) is 0 Å². The van der Waals surface area contributed by atoms with E-state index in [-0.39, 0.29) is 29.8 Å². The van der Waals surface area contributed by atoms with Gasteiger partial charge in [-0.1, -0.05) is 6.07 Å². The summed E-state index contributed by atoms with van der Waals surface area (Å²) < 4.78 is 0. The molecule has 0 saturated carbocycles. The van der Waals surface area contributed by atoms with Gasteiger partial charge in [-0.05, 0) is 12.1 Å². The highest BCUT2D eigenvalue weighted by Crippen LogP contribution is 2.37. The molecular formula is C15H10N2O6. The molecule has 0 bridgehead atoms. The number of carbonyl (C=O) groups is 5. The van der Waals surface area contributed by atoms with Crippen LogP contribution in [0, 0.1) is 0 Å². The van der Waals surface area contributed by atoms with E-state index in [1.54, 1.807) is 0 Å². The van der Waals surface area contributed by atoms with E-state index in [2.05, 4.69) is 0 Å². The monoisotopic (exact) mass is 314 g/mol. The number of hydrogen-bond donors (Lipinski definition) is 1. The first-order valence-electron chi connectivity index (χ1n) is 6.70. The molecule has 0 aromatic heterocycles. The molecule has 3 rings (SSSR count). The van der Waals surface area contributed by atoms with Crippen molar-refractivity contribution in [3.8, 4) is 0 Å². The topological polar surface area (TPSA) is 112 Å². The number of amides is 4. The molecule has 1 aromatic rings. The van der Waals surface area contributed by atoms with Gasteiger partial charge < -0.3 is 5.11 Å². The summed E-state index contributed by atoms with van der Waals surface area (Å²) in [5, 5.41) is 9.34. The van der Waals surface area contributed by atoms with Crippen LogP contribution in [0.1, 0.15) is 23.2 Å². The fourth-order valence-electron chi connectivity index (χ4n) is 2.59. The molecule has 23 heavy (non-hydrogen) atoms. The van der Waals surface area contributed by atoms with E-state index >= 15 is 0 Å². The largest absolute Gasteiger partial charge is 0.478 e. The minimum atomic E-state index is -1.38. The maximum atomic E-state index is 12.0. The van der Waals surface area contributed by atoms with E-state index < -0.39 is 29.6 Å². The van der Waals surface area contributed by atoms with Gasteiger partial charge in [0.25, 0.3) is 11.8 Å². The van der Waals surface area contributed by atoms with Gasteiger partial charge in [0.2, 0.25) is 11.8 Å². The van der Waals surface area contributed by atoms with Crippen molar-refractivity contribution >= 4 is 41.0 Å². The average Bonchev–Trinajstić information content (AvgIpc) is 3.01. The number of benzene rings is 1. The van der Waals surface area contributed by atoms with Crippen molar-refractivity contribution < 1.29 is 29.1 Å². The predicted molar refractivity (Wildman–Crippen MR) is 76.8 cm³/mol. The molecule has 0 unspecified atom stereocenters. The molecule has 4 amide bonds. The van der Waals surface area contributed by atoms with Gasteiger partial charge in [0.15, 0.2) is 0 Å². The number of anilines is 2. The minimum absolute atomic E-state index is 0.00425. The third-order valence-electron chi connectivity index (χ3n) is 3.57. The van der Waals surface area contributed by atoms with Crippen LogP contribution >= 0.6 is 0 Å². The normalized spacial score (nSPS) is 17.6. The van der Waals surface area contributed by atoms with E-state index in [0.717, 1.165) is 17.1 Å². The lowest BCUT2D eigenvalue weighted by molar-refractivity contribution is -0.122. The molecule has 2 aliphatic heterocycles. The number of carbonyl (C=O) groups excluding carboxylic acids is 4. The van der Waals surface area contributed by atoms with Gasteiger partial charge in [-0.3, -0.25) is 19.2 Å². The maximum Gasteiger partial charge on any atom is 0.337 e. The van der Waals surface area contributed by atoms with Gasteiger partial charge in [-0.15, -0.1) is 0 Å². The third kappa shape index (κ3) is 2.20. The van der Waals surface area contributed by atoms with Crippen molar-refractivity contribution in [2.75, 3.05) is 9.80 Å². The Hall–Kier alpha value is -3.29. The first kappa shape index (κ1) is 14.6. The van der Waals surface area contributed by atoms with Gasteiger partial charge in [0.1, 0.15) is 0 Å². The zero-order chi connectivity index (χ0) is 16.7. The average molecular weight is 314 g/mol. The minimum Gasteiger partial charge on any atom is -0.478 e. The van der Waals surface area contributed by atoms with Crippen molar-refractivity contribution in [3.63, 3.8) is 0 Å². The summed E-state index contributed by atoms with van der Waals surface area (Å²) in [5.41, 5.74) is -0.702. The molecule has 116 valence electrons. The van der Waals surface area contributed by atoms with Crippen molar-refractivity contribution in [3.05, 3.63) is 35.9 Å². The molecule has 1 saturated heterocycles. The Morgan fingerprint density at radius 3 is 2.00 bits per heavy atom. The maximum absolute atomic E-state index is 12.0. The number of aromatic carboxylic acids is 1. The van der Waals surface area contributed by atoms with Gasteiger partial charge in [0.05, 0.1) is 16.9 Å². The fourth-order valence-corrected chi connectivity index (χ4v) is 2.59. The smallest absolute Gasteiger partial charge is 0.337 e. The molecule has 2 aliphatic rings. The molecule has 1 fully saturated rings. The number of imide groups is 2. The Balaban J connectivity index is 2.25. The van der Waals surface area contributed by atoms with Crippen LogP contribution in [-0.4, -0.2) is 34.7 Å².